The molecule has 3 aromatic rings. The molecule has 24 heavy (non-hydrogen) atoms. The van der Waals surface area contributed by atoms with Crippen molar-refractivity contribution in [3.05, 3.63) is 46.4 Å². The van der Waals surface area contributed by atoms with Gasteiger partial charge in [-0.1, -0.05) is 16.8 Å². The first-order valence-corrected chi connectivity index (χ1v) is 8.77. The summed E-state index contributed by atoms with van der Waals surface area (Å²) >= 11 is 7.71. The largest absolute Gasteiger partial charge is 0.377 e. The quantitative estimate of drug-likeness (QED) is 0.715. The van der Waals surface area contributed by atoms with Gasteiger partial charge in [0, 0.05) is 16.3 Å². The molecule has 3 heterocycles. The van der Waals surface area contributed by atoms with Crippen molar-refractivity contribution in [3.63, 3.8) is 0 Å². The Kier molecular flexibility index (Phi) is 4.22. The molecule has 0 bridgehead atoms. The Balaban J connectivity index is 1.59. The van der Waals surface area contributed by atoms with Crippen molar-refractivity contribution in [2.45, 2.75) is 12.5 Å². The molecule has 1 amide bonds. The van der Waals surface area contributed by atoms with Crippen LogP contribution in [0.15, 0.2) is 34.5 Å². The number of halogens is 1. The van der Waals surface area contributed by atoms with Crippen LogP contribution >= 0.6 is 22.9 Å². The summed E-state index contributed by atoms with van der Waals surface area (Å²) in [5.41, 5.74) is 0.987. The Morgan fingerprint density at radius 1 is 1.46 bits per heavy atom. The van der Waals surface area contributed by atoms with Gasteiger partial charge >= 0.3 is 0 Å². The van der Waals surface area contributed by atoms with Gasteiger partial charge in [0.1, 0.15) is 6.04 Å². The fourth-order valence-corrected chi connectivity index (χ4v) is 4.01. The van der Waals surface area contributed by atoms with Crippen molar-refractivity contribution in [1.29, 1.82) is 0 Å². The number of carbonyl (C=O) groups excluding carboxylic acids is 1. The van der Waals surface area contributed by atoms with E-state index in [4.69, 9.17) is 20.9 Å². The summed E-state index contributed by atoms with van der Waals surface area (Å²) in [4.78, 5) is 18.7. The number of hydrogen-bond acceptors (Lipinski definition) is 6. The summed E-state index contributed by atoms with van der Waals surface area (Å²) in [6.45, 7) is 1.40. The van der Waals surface area contributed by atoms with E-state index in [2.05, 4.69) is 10.1 Å². The van der Waals surface area contributed by atoms with Crippen LogP contribution < -0.4 is 0 Å². The van der Waals surface area contributed by atoms with Gasteiger partial charge in [-0.2, -0.15) is 4.98 Å². The molecule has 0 unspecified atom stereocenters. The number of amides is 1. The van der Waals surface area contributed by atoms with Gasteiger partial charge < -0.3 is 14.2 Å². The van der Waals surface area contributed by atoms with Crippen LogP contribution in [0.1, 0.15) is 17.4 Å². The fourth-order valence-electron chi connectivity index (χ4n) is 2.90. The van der Waals surface area contributed by atoms with Crippen molar-refractivity contribution in [2.75, 3.05) is 19.8 Å². The van der Waals surface area contributed by atoms with E-state index < -0.39 is 0 Å². The summed E-state index contributed by atoms with van der Waals surface area (Å²) in [7, 11) is 0. The maximum atomic E-state index is 12.9. The average molecular weight is 364 g/mol. The number of fused-ring (bicyclic) bond motifs is 1. The summed E-state index contributed by atoms with van der Waals surface area (Å²) in [6.07, 6.45) is 1.58. The van der Waals surface area contributed by atoms with Crippen molar-refractivity contribution in [3.8, 4) is 0 Å². The maximum absolute atomic E-state index is 12.9. The monoisotopic (exact) mass is 363 g/mol. The molecular formula is C16H14ClN3O3S. The molecule has 1 atom stereocenters. The zero-order chi connectivity index (χ0) is 16.5. The van der Waals surface area contributed by atoms with E-state index in [1.807, 2.05) is 23.6 Å². The van der Waals surface area contributed by atoms with Gasteiger partial charge in [-0.15, -0.1) is 11.3 Å². The van der Waals surface area contributed by atoms with E-state index in [-0.39, 0.29) is 11.9 Å². The molecule has 8 heteroatoms. The molecule has 2 aromatic heterocycles. The van der Waals surface area contributed by atoms with Crippen LogP contribution in [-0.4, -0.2) is 40.7 Å². The maximum Gasteiger partial charge on any atom is 0.227 e. The molecule has 124 valence electrons. The first-order valence-electron chi connectivity index (χ1n) is 7.51. The number of morpholine rings is 1. The number of rotatable bonds is 3. The predicted molar refractivity (Wildman–Crippen MR) is 90.1 cm³/mol. The molecule has 0 saturated carbocycles. The molecular weight excluding hydrogens is 350 g/mol. The normalized spacial score (nSPS) is 18.2. The van der Waals surface area contributed by atoms with Crippen LogP contribution in [0.5, 0.6) is 0 Å². The van der Waals surface area contributed by atoms with E-state index in [0.717, 1.165) is 15.6 Å². The summed E-state index contributed by atoms with van der Waals surface area (Å²) < 4.78 is 11.4. The topological polar surface area (TPSA) is 68.5 Å². The van der Waals surface area contributed by atoms with Gasteiger partial charge in [0.05, 0.1) is 19.6 Å². The van der Waals surface area contributed by atoms with Gasteiger partial charge in [0.25, 0.3) is 0 Å². The zero-order valence-corrected chi connectivity index (χ0v) is 14.2. The third kappa shape index (κ3) is 2.90. The van der Waals surface area contributed by atoms with Gasteiger partial charge in [0.2, 0.25) is 12.3 Å². The minimum Gasteiger partial charge on any atom is -0.377 e. The molecule has 1 saturated heterocycles. The van der Waals surface area contributed by atoms with E-state index in [1.54, 1.807) is 16.2 Å². The SMILES string of the molecule is O=C(Cc1csc2ccc(Cl)cc12)N1CCOC[C@H]1c1ncon1. The summed E-state index contributed by atoms with van der Waals surface area (Å²) in [5, 5.41) is 7.58. The Hall–Kier alpha value is -1.96. The number of thiophene rings is 1. The number of ether oxygens (including phenoxy) is 1. The lowest BCUT2D eigenvalue weighted by Gasteiger charge is -2.33. The molecule has 1 aliphatic heterocycles. The van der Waals surface area contributed by atoms with E-state index in [1.165, 1.54) is 6.39 Å². The van der Waals surface area contributed by atoms with Gasteiger partial charge in [-0.3, -0.25) is 4.79 Å². The van der Waals surface area contributed by atoms with Crippen molar-refractivity contribution < 1.29 is 14.1 Å². The van der Waals surface area contributed by atoms with Crippen LogP contribution in [0.2, 0.25) is 5.02 Å². The number of aromatic nitrogens is 2. The Bertz CT molecular complexity index is 865. The van der Waals surface area contributed by atoms with Crippen molar-refractivity contribution in [2.24, 2.45) is 0 Å². The standard InChI is InChI=1S/C16H14ClN3O3S/c17-11-1-2-14-12(6-11)10(8-24-14)5-15(21)20-3-4-22-7-13(20)16-18-9-23-19-16/h1-2,6,8-9,13H,3-5,7H2/t13-/m0/s1. The van der Waals surface area contributed by atoms with Crippen molar-refractivity contribution >= 4 is 38.9 Å². The molecule has 0 aliphatic carbocycles. The minimum absolute atomic E-state index is 0.0211. The Labute approximate surface area is 147 Å². The highest BCUT2D eigenvalue weighted by Crippen LogP contribution is 2.30. The second-order valence-electron chi connectivity index (χ2n) is 5.55. The Morgan fingerprint density at radius 3 is 3.21 bits per heavy atom. The predicted octanol–water partition coefficient (Wildman–Crippen LogP) is 3.08. The molecule has 1 aromatic carbocycles. The minimum atomic E-state index is -0.307. The lowest BCUT2D eigenvalue weighted by molar-refractivity contribution is -0.139. The third-order valence-electron chi connectivity index (χ3n) is 4.08. The molecule has 0 spiro atoms. The third-order valence-corrected chi connectivity index (χ3v) is 5.33. The van der Waals surface area contributed by atoms with E-state index in [9.17, 15) is 4.79 Å². The first-order chi connectivity index (χ1) is 11.7. The van der Waals surface area contributed by atoms with Crippen LogP contribution in [0.3, 0.4) is 0 Å². The molecule has 1 fully saturated rings. The molecule has 4 rings (SSSR count). The van der Waals surface area contributed by atoms with E-state index >= 15 is 0 Å². The smallest absolute Gasteiger partial charge is 0.227 e. The number of hydrogen-bond donors (Lipinski definition) is 0. The lowest BCUT2D eigenvalue weighted by atomic mass is 10.1. The molecule has 0 N–H and O–H groups in total. The second-order valence-corrected chi connectivity index (χ2v) is 6.89. The summed E-state index contributed by atoms with van der Waals surface area (Å²) in [6, 6.07) is 5.44. The van der Waals surface area contributed by atoms with Gasteiger partial charge in [-0.25, -0.2) is 0 Å². The average Bonchev–Trinajstić information content (AvgIpc) is 3.25. The highest BCUT2D eigenvalue weighted by molar-refractivity contribution is 7.17. The highest BCUT2D eigenvalue weighted by atomic mass is 35.5. The highest BCUT2D eigenvalue weighted by Gasteiger charge is 2.31. The molecule has 6 nitrogen and oxygen atoms in total. The van der Waals surface area contributed by atoms with Crippen LogP contribution in [0.4, 0.5) is 0 Å². The number of carbonyl (C=O) groups is 1. The number of nitrogens with zero attached hydrogens (tertiary/aromatic N) is 3. The van der Waals surface area contributed by atoms with E-state index in [0.29, 0.717) is 37.0 Å². The molecule has 0 radical (unpaired) electrons. The first kappa shape index (κ1) is 15.6. The summed E-state index contributed by atoms with van der Waals surface area (Å²) in [5.74, 6) is 0.494. The fraction of sp³-hybridized carbons (Fsp3) is 0.312. The second kappa shape index (κ2) is 6.51. The van der Waals surface area contributed by atoms with Gasteiger partial charge in [0.15, 0.2) is 5.82 Å². The van der Waals surface area contributed by atoms with Gasteiger partial charge in [-0.05, 0) is 34.5 Å². The lowest BCUT2D eigenvalue weighted by Crippen LogP contribution is -2.44. The van der Waals surface area contributed by atoms with Crippen molar-refractivity contribution in [1.82, 2.24) is 15.0 Å². The van der Waals surface area contributed by atoms with Crippen LogP contribution in [0, 0.1) is 0 Å². The Morgan fingerprint density at radius 2 is 2.38 bits per heavy atom. The van der Waals surface area contributed by atoms with Crippen LogP contribution in [-0.2, 0) is 16.0 Å². The molecule has 1 aliphatic rings. The number of benzene rings is 1. The zero-order valence-electron chi connectivity index (χ0n) is 12.6. The van der Waals surface area contributed by atoms with Crippen LogP contribution in [0.25, 0.3) is 10.1 Å².